The van der Waals surface area contributed by atoms with Gasteiger partial charge < -0.3 is 15.3 Å². The zero-order chi connectivity index (χ0) is 33.6. The molecule has 6 rings (SSSR count). The summed E-state index contributed by atoms with van der Waals surface area (Å²) in [6.45, 7) is 5.56. The van der Waals surface area contributed by atoms with Crippen molar-refractivity contribution in [3.05, 3.63) is 129 Å². The first kappa shape index (κ1) is 34.7. The second-order valence-corrected chi connectivity index (χ2v) is 10.4. The smallest absolute Gasteiger partial charge is 0.337 e. The third-order valence-corrected chi connectivity index (χ3v) is 6.69. The first-order valence-corrected chi connectivity index (χ1v) is 14.3. The average Bonchev–Trinajstić information content (AvgIpc) is 3.84. The first-order valence-electron chi connectivity index (χ1n) is 13.2. The summed E-state index contributed by atoms with van der Waals surface area (Å²) in [6, 6.07) is 15.7. The van der Waals surface area contributed by atoms with Gasteiger partial charge >= 0.3 is 17.9 Å². The van der Waals surface area contributed by atoms with Crippen LogP contribution in [0.3, 0.4) is 0 Å². The highest BCUT2D eigenvalue weighted by atomic mass is 127. The molecule has 0 unspecified atom stereocenters. The van der Waals surface area contributed by atoms with E-state index in [4.69, 9.17) is 15.3 Å². The lowest BCUT2D eigenvalue weighted by Crippen LogP contribution is -2.08. The minimum Gasteiger partial charge on any atom is -0.478 e. The van der Waals surface area contributed by atoms with Crippen LogP contribution in [0.5, 0.6) is 0 Å². The lowest BCUT2D eigenvalue weighted by molar-refractivity contribution is 0.0685. The van der Waals surface area contributed by atoms with Crippen molar-refractivity contribution < 1.29 is 29.7 Å². The van der Waals surface area contributed by atoms with Gasteiger partial charge in [0.05, 0.1) is 59.6 Å². The molecule has 4 N–H and O–H groups in total. The Hall–Kier alpha value is -5.78. The lowest BCUT2D eigenvalue weighted by Gasteiger charge is -2.05. The number of carboxylic acids is 3. The maximum atomic E-state index is 11.0. The molecule has 3 aromatic heterocycles. The van der Waals surface area contributed by atoms with Gasteiger partial charge in [0.1, 0.15) is 5.69 Å². The van der Waals surface area contributed by atoms with Crippen molar-refractivity contribution in [2.45, 2.75) is 20.8 Å². The standard InChI is InChI=1S/2C10H9N3O2.C8H7IO2.C2H3N3/c1-7-2-3-9(8(6-7)10(14)15)13-5-4-11-12-13;1-7-2-3-9(8(6-7)10(14)15)13-11-4-5-12-13;1-5-2-3-7(9)6(4-5)8(10)11;1-2-4-5-3-1/h2*2-6H,1H3,(H,14,15);2-4H,1H3,(H,10,11);1-2H,(H,3,4,5). The summed E-state index contributed by atoms with van der Waals surface area (Å²) in [5.41, 5.74) is 4.56. The number of H-pyrrole nitrogens is 1. The zero-order valence-electron chi connectivity index (χ0n) is 24.7. The van der Waals surface area contributed by atoms with E-state index in [-0.39, 0.29) is 11.1 Å². The van der Waals surface area contributed by atoms with Crippen LogP contribution in [0.15, 0.2) is 91.8 Å². The molecule has 236 valence electrons. The number of halogens is 1. The predicted octanol–water partition coefficient (Wildman–Crippen LogP) is 4.65. The average molecular weight is 738 g/mol. The minimum atomic E-state index is -0.981. The van der Waals surface area contributed by atoms with E-state index in [9.17, 15) is 14.4 Å². The zero-order valence-corrected chi connectivity index (χ0v) is 26.8. The Morgan fingerprint density at radius 2 is 1.13 bits per heavy atom. The van der Waals surface area contributed by atoms with E-state index in [0.29, 0.717) is 16.9 Å². The van der Waals surface area contributed by atoms with E-state index in [1.165, 1.54) is 28.1 Å². The number of benzene rings is 3. The molecule has 3 aromatic carbocycles. The molecule has 0 spiro atoms. The molecule has 0 fully saturated rings. The molecule has 0 amide bonds. The fourth-order valence-corrected chi connectivity index (χ4v) is 4.23. The number of carbonyl (C=O) groups is 3. The third kappa shape index (κ3) is 10.2. The van der Waals surface area contributed by atoms with E-state index in [0.717, 1.165) is 20.3 Å². The molecule has 0 saturated carbocycles. The summed E-state index contributed by atoms with van der Waals surface area (Å²) in [5, 5.41) is 51.3. The number of aromatic carboxylic acids is 3. The Labute approximate surface area is 275 Å². The van der Waals surface area contributed by atoms with Crippen LogP contribution in [0.25, 0.3) is 11.4 Å². The number of nitrogens with zero attached hydrogens (tertiary/aromatic N) is 8. The van der Waals surface area contributed by atoms with Gasteiger partial charge in [-0.15, -0.1) is 5.10 Å². The third-order valence-electron chi connectivity index (χ3n) is 5.75. The number of hydrogen-bond donors (Lipinski definition) is 4. The van der Waals surface area contributed by atoms with Gasteiger partial charge in [-0.05, 0) is 79.8 Å². The molecule has 0 bridgehead atoms. The number of aromatic nitrogens is 9. The molecule has 0 saturated heterocycles. The van der Waals surface area contributed by atoms with Crippen molar-refractivity contribution in [3.63, 3.8) is 0 Å². The number of nitrogens with one attached hydrogen (secondary N) is 1. The number of aryl methyl sites for hydroxylation is 3. The van der Waals surface area contributed by atoms with Gasteiger partial charge in [-0.3, -0.25) is 0 Å². The van der Waals surface area contributed by atoms with E-state index in [1.54, 1.807) is 55.0 Å². The first-order chi connectivity index (χ1) is 22.0. The quantitative estimate of drug-likeness (QED) is 0.178. The summed E-state index contributed by atoms with van der Waals surface area (Å²) in [6.07, 6.45) is 9.29. The van der Waals surface area contributed by atoms with E-state index in [1.807, 2.05) is 61.6 Å². The molecule has 0 radical (unpaired) electrons. The summed E-state index contributed by atoms with van der Waals surface area (Å²) < 4.78 is 2.21. The van der Waals surface area contributed by atoms with E-state index >= 15 is 0 Å². The van der Waals surface area contributed by atoms with Gasteiger partial charge in [-0.25, -0.2) is 19.1 Å². The normalized spacial score (nSPS) is 9.83. The topological polar surface area (TPSA) is 215 Å². The number of rotatable bonds is 5. The Morgan fingerprint density at radius 3 is 1.57 bits per heavy atom. The SMILES string of the molecule is Cc1ccc(-n2ccnn2)c(C(=O)O)c1.Cc1ccc(-n2nccn2)c(C(=O)O)c1.Cc1ccc(I)c(C(=O)O)c1.c1cn[nH]n1. The maximum Gasteiger partial charge on any atom is 0.337 e. The largest absolute Gasteiger partial charge is 0.478 e. The summed E-state index contributed by atoms with van der Waals surface area (Å²) >= 11 is 2.01. The fourth-order valence-electron chi connectivity index (χ4n) is 3.66. The van der Waals surface area contributed by atoms with Crippen LogP contribution in [-0.2, 0) is 0 Å². The fraction of sp³-hybridized carbons (Fsp3) is 0.100. The van der Waals surface area contributed by atoms with Gasteiger partial charge in [0.25, 0.3) is 0 Å². The van der Waals surface area contributed by atoms with Crippen LogP contribution in [0.2, 0.25) is 0 Å². The molecule has 3 heterocycles. The van der Waals surface area contributed by atoms with Crippen LogP contribution in [0.4, 0.5) is 0 Å². The van der Waals surface area contributed by atoms with Crippen molar-refractivity contribution >= 4 is 40.5 Å². The number of aromatic amines is 1. The van der Waals surface area contributed by atoms with Crippen molar-refractivity contribution in [2.75, 3.05) is 0 Å². The monoisotopic (exact) mass is 737 g/mol. The second kappa shape index (κ2) is 16.9. The molecular weight excluding hydrogens is 709 g/mol. The van der Waals surface area contributed by atoms with Crippen molar-refractivity contribution in [1.29, 1.82) is 0 Å². The van der Waals surface area contributed by atoms with E-state index in [2.05, 4.69) is 35.9 Å². The molecule has 46 heavy (non-hydrogen) atoms. The molecule has 0 aliphatic heterocycles. The molecular formula is C30H28IN9O6. The highest BCUT2D eigenvalue weighted by Gasteiger charge is 2.13. The van der Waals surface area contributed by atoms with Gasteiger partial charge in [0.2, 0.25) is 0 Å². The summed E-state index contributed by atoms with van der Waals surface area (Å²) in [4.78, 5) is 33.9. The highest BCUT2D eigenvalue weighted by molar-refractivity contribution is 14.1. The van der Waals surface area contributed by atoms with Gasteiger partial charge in [0, 0.05) is 3.57 Å². The Morgan fingerprint density at radius 1 is 0.652 bits per heavy atom. The van der Waals surface area contributed by atoms with E-state index < -0.39 is 17.9 Å². The highest BCUT2D eigenvalue weighted by Crippen LogP contribution is 2.16. The molecule has 16 heteroatoms. The van der Waals surface area contributed by atoms with Crippen LogP contribution in [0, 0.1) is 24.3 Å². The van der Waals surface area contributed by atoms with Crippen molar-refractivity contribution in [2.24, 2.45) is 0 Å². The van der Waals surface area contributed by atoms with Crippen LogP contribution < -0.4 is 0 Å². The van der Waals surface area contributed by atoms with Crippen LogP contribution in [-0.4, -0.2) is 78.6 Å². The number of carboxylic acid groups (broad SMARTS) is 3. The van der Waals surface area contributed by atoms with Crippen molar-refractivity contribution in [3.8, 4) is 11.4 Å². The van der Waals surface area contributed by atoms with Crippen LogP contribution >= 0.6 is 22.6 Å². The summed E-state index contributed by atoms with van der Waals surface area (Å²) in [7, 11) is 0. The molecule has 15 nitrogen and oxygen atoms in total. The van der Waals surface area contributed by atoms with Gasteiger partial charge in [-0.1, -0.05) is 40.1 Å². The molecule has 6 aromatic rings. The Bertz CT molecular complexity index is 1770. The predicted molar refractivity (Wildman–Crippen MR) is 173 cm³/mol. The molecule has 0 aliphatic carbocycles. The van der Waals surface area contributed by atoms with Gasteiger partial charge in [0.15, 0.2) is 0 Å². The van der Waals surface area contributed by atoms with Gasteiger partial charge in [-0.2, -0.15) is 30.4 Å². The molecule has 0 aliphatic rings. The maximum absolute atomic E-state index is 11.0. The number of hydrogen-bond acceptors (Lipinski definition) is 9. The lowest BCUT2D eigenvalue weighted by atomic mass is 10.1. The van der Waals surface area contributed by atoms with Crippen LogP contribution in [0.1, 0.15) is 47.8 Å². The van der Waals surface area contributed by atoms with Crippen molar-refractivity contribution in [1.82, 2.24) is 45.4 Å². The Balaban J connectivity index is 0.000000176. The molecule has 0 atom stereocenters. The minimum absolute atomic E-state index is 0.200. The summed E-state index contributed by atoms with van der Waals surface area (Å²) in [5.74, 6) is -2.81. The Kier molecular flexibility index (Phi) is 12.8. The second-order valence-electron chi connectivity index (χ2n) is 9.26.